The Kier molecular flexibility index (Phi) is 7.61. The summed E-state index contributed by atoms with van der Waals surface area (Å²) < 4.78 is 13.1. The van der Waals surface area contributed by atoms with Gasteiger partial charge in [-0.15, -0.1) is 0 Å². The highest BCUT2D eigenvalue weighted by Crippen LogP contribution is 2.20. The van der Waals surface area contributed by atoms with E-state index in [0.29, 0.717) is 31.6 Å². The molecule has 2 rings (SSSR count). The third-order valence-electron chi connectivity index (χ3n) is 5.23. The number of hydrogen-bond acceptors (Lipinski definition) is 3. The molecule has 0 aromatic heterocycles. The van der Waals surface area contributed by atoms with Crippen LogP contribution in [0, 0.1) is 17.2 Å². The fourth-order valence-corrected chi connectivity index (χ4v) is 3.63. The van der Waals surface area contributed by atoms with E-state index in [-0.39, 0.29) is 40.9 Å². The van der Waals surface area contributed by atoms with Crippen molar-refractivity contribution in [2.45, 2.75) is 60.0 Å². The van der Waals surface area contributed by atoms with Gasteiger partial charge in [0.15, 0.2) is 0 Å². The summed E-state index contributed by atoms with van der Waals surface area (Å²) in [5, 5.41) is 2.90. The molecular weight excluding hydrogens is 385 g/mol. The van der Waals surface area contributed by atoms with Crippen LogP contribution < -0.4 is 5.32 Å². The molecule has 1 heterocycles. The minimum absolute atomic E-state index is 0.0457. The summed E-state index contributed by atoms with van der Waals surface area (Å²) in [7, 11) is 0. The molecule has 2 unspecified atom stereocenters. The Hall–Kier alpha value is -2.44. The number of carbonyl (C=O) groups excluding carboxylic acids is 3. The van der Waals surface area contributed by atoms with Crippen LogP contribution in [0.2, 0.25) is 0 Å². The zero-order valence-electron chi connectivity index (χ0n) is 18.9. The largest absolute Gasteiger partial charge is 0.344 e. The van der Waals surface area contributed by atoms with Crippen LogP contribution in [-0.2, 0) is 9.59 Å². The van der Waals surface area contributed by atoms with Crippen LogP contribution in [0.3, 0.4) is 0 Å². The van der Waals surface area contributed by atoms with E-state index in [1.54, 1.807) is 9.80 Å². The summed E-state index contributed by atoms with van der Waals surface area (Å²) in [6, 6.07) is 4.71. The molecule has 30 heavy (non-hydrogen) atoms. The molecule has 1 fully saturated rings. The third-order valence-corrected chi connectivity index (χ3v) is 5.23. The van der Waals surface area contributed by atoms with E-state index in [0.717, 1.165) is 0 Å². The lowest BCUT2D eigenvalue weighted by atomic mass is 9.91. The number of carbonyl (C=O) groups is 3. The van der Waals surface area contributed by atoms with Crippen LogP contribution in [0.15, 0.2) is 24.3 Å². The summed E-state index contributed by atoms with van der Waals surface area (Å²) in [6.07, 6.45) is 0.347. The molecule has 0 radical (unpaired) electrons. The summed E-state index contributed by atoms with van der Waals surface area (Å²) in [6.45, 7) is 12.9. The van der Waals surface area contributed by atoms with Crippen molar-refractivity contribution < 1.29 is 18.8 Å². The second-order valence-corrected chi connectivity index (χ2v) is 9.67. The predicted octanol–water partition coefficient (Wildman–Crippen LogP) is 3.08. The van der Waals surface area contributed by atoms with E-state index in [1.807, 2.05) is 41.5 Å². The molecular formula is C23H34FN3O3. The van der Waals surface area contributed by atoms with Gasteiger partial charge in [-0.3, -0.25) is 14.4 Å². The van der Waals surface area contributed by atoms with Gasteiger partial charge < -0.3 is 15.1 Å². The van der Waals surface area contributed by atoms with Gasteiger partial charge >= 0.3 is 0 Å². The monoisotopic (exact) mass is 419 g/mol. The molecule has 6 nitrogen and oxygen atoms in total. The number of amides is 3. The van der Waals surface area contributed by atoms with E-state index in [2.05, 4.69) is 5.32 Å². The molecule has 7 heteroatoms. The van der Waals surface area contributed by atoms with E-state index < -0.39 is 6.04 Å². The van der Waals surface area contributed by atoms with Crippen LogP contribution in [0.4, 0.5) is 4.39 Å². The molecule has 0 bridgehead atoms. The van der Waals surface area contributed by atoms with E-state index >= 15 is 0 Å². The summed E-state index contributed by atoms with van der Waals surface area (Å²) in [5.41, 5.74) is 0.271. The van der Waals surface area contributed by atoms with Crippen molar-refractivity contribution in [2.24, 2.45) is 11.3 Å². The van der Waals surface area contributed by atoms with Crippen molar-refractivity contribution in [3.63, 3.8) is 0 Å². The highest BCUT2D eigenvalue weighted by molar-refractivity contribution is 5.94. The average Bonchev–Trinajstić information content (AvgIpc) is 2.64. The molecule has 0 aliphatic carbocycles. The standard InChI is InChI=1S/C23H34FN3O3/c1-15(2)20(25-19(28)13-23(4,5)6)22(30)26-11-12-27(16(3)14-26)21(29)17-7-9-18(24)10-8-17/h7-10,15-16,20H,11-14H2,1-6H3,(H,25,28). The third kappa shape index (κ3) is 6.28. The number of nitrogens with zero attached hydrogens (tertiary/aromatic N) is 2. The Morgan fingerprint density at radius 3 is 2.23 bits per heavy atom. The fraction of sp³-hybridized carbons (Fsp3) is 0.609. The molecule has 1 aromatic carbocycles. The normalized spacial score (nSPS) is 18.3. The minimum atomic E-state index is -0.591. The Balaban J connectivity index is 2.03. The molecule has 3 amide bonds. The van der Waals surface area contributed by atoms with E-state index in [9.17, 15) is 18.8 Å². The second-order valence-electron chi connectivity index (χ2n) is 9.67. The maximum Gasteiger partial charge on any atom is 0.254 e. The predicted molar refractivity (Wildman–Crippen MR) is 114 cm³/mol. The van der Waals surface area contributed by atoms with Crippen molar-refractivity contribution in [2.75, 3.05) is 19.6 Å². The lowest BCUT2D eigenvalue weighted by Gasteiger charge is -2.41. The lowest BCUT2D eigenvalue weighted by molar-refractivity contribution is -0.140. The van der Waals surface area contributed by atoms with E-state index in [1.165, 1.54) is 24.3 Å². The molecule has 0 spiro atoms. The van der Waals surface area contributed by atoms with Gasteiger partial charge in [0, 0.05) is 37.7 Å². The number of nitrogens with one attached hydrogen (secondary N) is 1. The SMILES string of the molecule is CC(C)C(NC(=O)CC(C)(C)C)C(=O)N1CCN(C(=O)c2ccc(F)cc2)C(C)C1. The maximum atomic E-state index is 13.1. The number of hydrogen-bond donors (Lipinski definition) is 1. The first-order valence-corrected chi connectivity index (χ1v) is 10.5. The molecule has 166 valence electrons. The van der Waals surface area contributed by atoms with Gasteiger partial charge in [-0.1, -0.05) is 34.6 Å². The number of benzene rings is 1. The summed E-state index contributed by atoms with van der Waals surface area (Å²) in [5.74, 6) is -0.854. The van der Waals surface area contributed by atoms with Crippen LogP contribution in [0.25, 0.3) is 0 Å². The van der Waals surface area contributed by atoms with Gasteiger partial charge in [-0.05, 0) is 42.5 Å². The van der Waals surface area contributed by atoms with Gasteiger partial charge in [0.1, 0.15) is 11.9 Å². The number of rotatable bonds is 5. The smallest absolute Gasteiger partial charge is 0.254 e. The van der Waals surface area contributed by atoms with Crippen molar-refractivity contribution in [1.29, 1.82) is 0 Å². The zero-order chi connectivity index (χ0) is 22.6. The minimum Gasteiger partial charge on any atom is -0.344 e. The Morgan fingerprint density at radius 1 is 1.13 bits per heavy atom. The molecule has 1 saturated heterocycles. The molecule has 1 aliphatic heterocycles. The number of halogens is 1. The highest BCUT2D eigenvalue weighted by atomic mass is 19.1. The highest BCUT2D eigenvalue weighted by Gasteiger charge is 2.35. The van der Waals surface area contributed by atoms with E-state index in [4.69, 9.17) is 0 Å². The van der Waals surface area contributed by atoms with Gasteiger partial charge in [0.25, 0.3) is 5.91 Å². The van der Waals surface area contributed by atoms with Gasteiger partial charge in [0.05, 0.1) is 0 Å². The molecule has 1 aliphatic rings. The van der Waals surface area contributed by atoms with Crippen molar-refractivity contribution in [3.8, 4) is 0 Å². The molecule has 0 saturated carbocycles. The van der Waals surface area contributed by atoms with Crippen molar-refractivity contribution >= 4 is 17.7 Å². The van der Waals surface area contributed by atoms with Crippen molar-refractivity contribution in [3.05, 3.63) is 35.6 Å². The number of piperazine rings is 1. The topological polar surface area (TPSA) is 69.7 Å². The first-order valence-electron chi connectivity index (χ1n) is 10.5. The Morgan fingerprint density at radius 2 is 1.73 bits per heavy atom. The first-order chi connectivity index (χ1) is 13.9. The average molecular weight is 420 g/mol. The Labute approximate surface area is 178 Å². The van der Waals surface area contributed by atoms with Crippen LogP contribution >= 0.6 is 0 Å². The molecule has 1 N–H and O–H groups in total. The quantitative estimate of drug-likeness (QED) is 0.797. The van der Waals surface area contributed by atoms with Gasteiger partial charge in [0.2, 0.25) is 11.8 Å². The maximum absolute atomic E-state index is 13.1. The zero-order valence-corrected chi connectivity index (χ0v) is 18.9. The van der Waals surface area contributed by atoms with Crippen molar-refractivity contribution in [1.82, 2.24) is 15.1 Å². The van der Waals surface area contributed by atoms with Crippen LogP contribution in [0.5, 0.6) is 0 Å². The fourth-order valence-electron chi connectivity index (χ4n) is 3.63. The van der Waals surface area contributed by atoms with Gasteiger partial charge in [-0.2, -0.15) is 0 Å². The summed E-state index contributed by atoms with van der Waals surface area (Å²) >= 11 is 0. The molecule has 1 aromatic rings. The summed E-state index contributed by atoms with van der Waals surface area (Å²) in [4.78, 5) is 41.7. The lowest BCUT2D eigenvalue weighted by Crippen LogP contribution is -2.60. The first kappa shape index (κ1) is 23.8. The molecule has 2 atom stereocenters. The van der Waals surface area contributed by atoms with Crippen LogP contribution in [-0.4, -0.2) is 59.2 Å². The Bertz CT molecular complexity index is 771. The second kappa shape index (κ2) is 9.58. The van der Waals surface area contributed by atoms with Gasteiger partial charge in [-0.25, -0.2) is 4.39 Å². The van der Waals surface area contributed by atoms with Crippen LogP contribution in [0.1, 0.15) is 58.3 Å².